The molecule has 1 aliphatic heterocycles. The Morgan fingerprint density at radius 3 is 2.60 bits per heavy atom. The summed E-state index contributed by atoms with van der Waals surface area (Å²) in [5.41, 5.74) is 4.51. The summed E-state index contributed by atoms with van der Waals surface area (Å²) in [7, 11) is 0. The summed E-state index contributed by atoms with van der Waals surface area (Å²) in [5, 5.41) is 7.60. The molecule has 6 nitrogen and oxygen atoms in total. The summed E-state index contributed by atoms with van der Waals surface area (Å²) in [6.07, 6.45) is 0. The normalized spacial score (nSPS) is 12.6. The largest absolute Gasteiger partial charge is 0.486 e. The van der Waals surface area contributed by atoms with Crippen LogP contribution in [0.1, 0.15) is 17.0 Å². The molecule has 1 aliphatic rings. The first-order valence-corrected chi connectivity index (χ1v) is 11.5. The number of hydrogen-bond acceptors (Lipinski definition) is 5. The molecule has 0 aliphatic carbocycles. The highest BCUT2D eigenvalue weighted by Crippen LogP contribution is 2.36. The molecule has 8 heteroatoms. The Bertz CT molecular complexity index is 1070. The van der Waals surface area contributed by atoms with Gasteiger partial charge >= 0.3 is 0 Å². The SMILES string of the molecule is Cc1nn(-c2ccccc2)c(C)c1NC(=O)CSCc1cc2c(cc1Br)OCCO2. The van der Waals surface area contributed by atoms with Gasteiger partial charge in [-0.25, -0.2) is 4.68 Å². The quantitative estimate of drug-likeness (QED) is 0.535. The van der Waals surface area contributed by atoms with Crippen LogP contribution in [0.5, 0.6) is 11.5 Å². The lowest BCUT2D eigenvalue weighted by Crippen LogP contribution is -2.16. The van der Waals surface area contributed by atoms with Gasteiger partial charge in [0.15, 0.2) is 11.5 Å². The van der Waals surface area contributed by atoms with E-state index in [0.29, 0.717) is 24.7 Å². The number of nitrogens with zero attached hydrogens (tertiary/aromatic N) is 2. The van der Waals surface area contributed by atoms with Crippen LogP contribution in [0.15, 0.2) is 46.9 Å². The smallest absolute Gasteiger partial charge is 0.234 e. The maximum Gasteiger partial charge on any atom is 0.234 e. The number of anilines is 1. The van der Waals surface area contributed by atoms with E-state index < -0.39 is 0 Å². The van der Waals surface area contributed by atoms with Crippen molar-refractivity contribution in [2.75, 3.05) is 24.3 Å². The molecule has 3 aromatic rings. The molecule has 0 bridgehead atoms. The van der Waals surface area contributed by atoms with Gasteiger partial charge in [0.1, 0.15) is 13.2 Å². The number of halogens is 1. The number of hydrogen-bond donors (Lipinski definition) is 1. The molecule has 1 N–H and O–H groups in total. The molecule has 0 saturated heterocycles. The van der Waals surface area contributed by atoms with Crippen LogP contribution in [-0.2, 0) is 10.5 Å². The molecule has 156 valence electrons. The summed E-state index contributed by atoms with van der Waals surface area (Å²) >= 11 is 5.13. The van der Waals surface area contributed by atoms with Crippen LogP contribution in [0, 0.1) is 13.8 Å². The Balaban J connectivity index is 1.37. The van der Waals surface area contributed by atoms with Crippen molar-refractivity contribution in [3.8, 4) is 17.2 Å². The summed E-state index contributed by atoms with van der Waals surface area (Å²) in [5.74, 6) is 2.49. The fraction of sp³-hybridized carbons (Fsp3) is 0.273. The molecule has 0 atom stereocenters. The second-order valence-electron chi connectivity index (χ2n) is 6.92. The maximum atomic E-state index is 12.5. The standard InChI is InChI=1S/C22H22BrN3O3S/c1-14-22(15(2)26(25-14)17-6-4-3-5-7-17)24-21(27)13-30-12-16-10-19-20(11-18(16)23)29-9-8-28-19/h3-7,10-11H,8-9,12-13H2,1-2H3,(H,24,27). The van der Waals surface area contributed by atoms with Gasteiger partial charge in [-0.05, 0) is 43.7 Å². The molecule has 0 spiro atoms. The van der Waals surface area contributed by atoms with Crippen LogP contribution >= 0.6 is 27.7 Å². The van der Waals surface area contributed by atoms with Crippen molar-refractivity contribution >= 4 is 39.3 Å². The first kappa shape index (κ1) is 20.8. The molecule has 0 saturated carbocycles. The van der Waals surface area contributed by atoms with Crippen LogP contribution in [0.3, 0.4) is 0 Å². The number of aromatic nitrogens is 2. The fourth-order valence-electron chi connectivity index (χ4n) is 3.29. The van der Waals surface area contributed by atoms with E-state index in [-0.39, 0.29) is 5.91 Å². The summed E-state index contributed by atoms with van der Waals surface area (Å²) in [4.78, 5) is 12.5. The number of rotatable bonds is 6. The lowest BCUT2D eigenvalue weighted by atomic mass is 10.2. The van der Waals surface area contributed by atoms with Gasteiger partial charge in [0, 0.05) is 10.2 Å². The van der Waals surface area contributed by atoms with Gasteiger partial charge in [-0.15, -0.1) is 11.8 Å². The highest BCUT2D eigenvalue weighted by Gasteiger charge is 2.17. The Morgan fingerprint density at radius 2 is 1.87 bits per heavy atom. The van der Waals surface area contributed by atoms with Crippen molar-refractivity contribution in [1.29, 1.82) is 0 Å². The topological polar surface area (TPSA) is 65.4 Å². The average molecular weight is 488 g/mol. The second kappa shape index (κ2) is 9.14. The number of para-hydroxylation sites is 1. The molecule has 0 fully saturated rings. The Morgan fingerprint density at radius 1 is 1.17 bits per heavy atom. The minimum absolute atomic E-state index is 0.0486. The maximum absolute atomic E-state index is 12.5. The fourth-order valence-corrected chi connectivity index (χ4v) is 4.76. The number of aryl methyl sites for hydroxylation is 1. The van der Waals surface area contributed by atoms with Crippen LogP contribution in [0.25, 0.3) is 5.69 Å². The number of thioether (sulfide) groups is 1. The predicted octanol–water partition coefficient (Wildman–Crippen LogP) is 4.89. The number of carbonyl (C=O) groups is 1. The molecule has 2 aromatic carbocycles. The third-order valence-electron chi connectivity index (χ3n) is 4.76. The first-order valence-electron chi connectivity index (χ1n) is 9.60. The van der Waals surface area contributed by atoms with E-state index in [1.165, 1.54) is 0 Å². The van der Waals surface area contributed by atoms with E-state index in [1.54, 1.807) is 11.8 Å². The minimum Gasteiger partial charge on any atom is -0.486 e. The number of benzene rings is 2. The zero-order chi connectivity index (χ0) is 21.1. The highest BCUT2D eigenvalue weighted by molar-refractivity contribution is 9.10. The van der Waals surface area contributed by atoms with Crippen molar-refractivity contribution in [3.63, 3.8) is 0 Å². The Kier molecular flexibility index (Phi) is 6.34. The van der Waals surface area contributed by atoms with Gasteiger partial charge in [-0.2, -0.15) is 5.10 Å². The van der Waals surface area contributed by atoms with Crippen LogP contribution in [0.4, 0.5) is 5.69 Å². The molecular formula is C22H22BrN3O3S. The summed E-state index contributed by atoms with van der Waals surface area (Å²) in [6.45, 7) is 4.98. The van der Waals surface area contributed by atoms with Crippen molar-refractivity contribution in [2.24, 2.45) is 0 Å². The highest BCUT2D eigenvalue weighted by atomic mass is 79.9. The number of carbonyl (C=O) groups excluding carboxylic acids is 1. The third kappa shape index (κ3) is 4.49. The lowest BCUT2D eigenvalue weighted by molar-refractivity contribution is -0.113. The van der Waals surface area contributed by atoms with E-state index >= 15 is 0 Å². The zero-order valence-corrected chi connectivity index (χ0v) is 19.2. The van der Waals surface area contributed by atoms with E-state index in [1.807, 2.05) is 61.0 Å². The predicted molar refractivity (Wildman–Crippen MR) is 123 cm³/mol. The van der Waals surface area contributed by atoms with Gasteiger partial charge in [-0.1, -0.05) is 34.1 Å². The average Bonchev–Trinajstić information content (AvgIpc) is 3.03. The molecule has 1 aromatic heterocycles. The third-order valence-corrected chi connectivity index (χ3v) is 6.48. The van der Waals surface area contributed by atoms with Crippen molar-refractivity contribution < 1.29 is 14.3 Å². The zero-order valence-electron chi connectivity index (χ0n) is 16.8. The van der Waals surface area contributed by atoms with E-state index in [2.05, 4.69) is 26.3 Å². The number of amides is 1. The van der Waals surface area contributed by atoms with Crippen molar-refractivity contribution in [2.45, 2.75) is 19.6 Å². The molecular weight excluding hydrogens is 466 g/mol. The Labute approximate surface area is 188 Å². The van der Waals surface area contributed by atoms with Crippen molar-refractivity contribution in [3.05, 3.63) is 63.9 Å². The molecule has 30 heavy (non-hydrogen) atoms. The van der Waals surface area contributed by atoms with E-state index in [0.717, 1.165) is 44.3 Å². The Hall–Kier alpha value is -2.45. The van der Waals surface area contributed by atoms with Crippen LogP contribution < -0.4 is 14.8 Å². The molecule has 0 unspecified atom stereocenters. The number of ether oxygens (including phenoxy) is 2. The van der Waals surface area contributed by atoms with Crippen LogP contribution in [-0.4, -0.2) is 34.7 Å². The molecule has 1 amide bonds. The first-order chi connectivity index (χ1) is 14.5. The van der Waals surface area contributed by atoms with Crippen LogP contribution in [0.2, 0.25) is 0 Å². The van der Waals surface area contributed by atoms with Gasteiger partial charge in [-0.3, -0.25) is 4.79 Å². The van der Waals surface area contributed by atoms with Gasteiger partial charge in [0.05, 0.1) is 28.5 Å². The number of fused-ring (bicyclic) bond motifs is 1. The summed E-state index contributed by atoms with van der Waals surface area (Å²) in [6, 6.07) is 13.8. The molecule has 2 heterocycles. The van der Waals surface area contributed by atoms with Crippen molar-refractivity contribution in [1.82, 2.24) is 9.78 Å². The van der Waals surface area contributed by atoms with Gasteiger partial charge in [0.2, 0.25) is 5.91 Å². The van der Waals surface area contributed by atoms with E-state index in [4.69, 9.17) is 9.47 Å². The number of nitrogens with one attached hydrogen (secondary N) is 1. The monoisotopic (exact) mass is 487 g/mol. The lowest BCUT2D eigenvalue weighted by Gasteiger charge is -2.19. The van der Waals surface area contributed by atoms with Gasteiger partial charge < -0.3 is 14.8 Å². The summed E-state index contributed by atoms with van der Waals surface area (Å²) < 4.78 is 14.0. The second-order valence-corrected chi connectivity index (χ2v) is 8.76. The molecule has 4 rings (SSSR count). The molecule has 0 radical (unpaired) electrons. The van der Waals surface area contributed by atoms with Gasteiger partial charge in [0.25, 0.3) is 0 Å². The minimum atomic E-state index is -0.0486. The van der Waals surface area contributed by atoms with E-state index in [9.17, 15) is 4.79 Å².